The Morgan fingerprint density at radius 3 is 2.80 bits per heavy atom. The summed E-state index contributed by atoms with van der Waals surface area (Å²) in [6.45, 7) is 9.08. The molecule has 1 nitrogen and oxygen atoms in total. The molecular weight excluding hydrogens is 182 g/mol. The fourth-order valence-corrected chi connectivity index (χ4v) is 1.56. The molecule has 0 spiro atoms. The van der Waals surface area contributed by atoms with Crippen molar-refractivity contribution in [1.82, 2.24) is 5.32 Å². The van der Waals surface area contributed by atoms with Crippen LogP contribution in [0.15, 0.2) is 36.9 Å². The van der Waals surface area contributed by atoms with Crippen molar-refractivity contribution in [2.75, 3.05) is 0 Å². The van der Waals surface area contributed by atoms with E-state index in [4.69, 9.17) is 0 Å². The van der Waals surface area contributed by atoms with Gasteiger partial charge in [-0.15, -0.1) is 6.58 Å². The lowest BCUT2D eigenvalue weighted by Crippen LogP contribution is -2.25. The number of nitrogens with one attached hydrogen (secondary N) is 1. The summed E-state index contributed by atoms with van der Waals surface area (Å²) < 4.78 is 0. The first-order valence-electron chi connectivity index (χ1n) is 5.63. The van der Waals surface area contributed by atoms with Crippen molar-refractivity contribution in [1.29, 1.82) is 0 Å². The van der Waals surface area contributed by atoms with Gasteiger partial charge < -0.3 is 5.32 Å². The van der Waals surface area contributed by atoms with Crippen LogP contribution in [0.5, 0.6) is 0 Å². The van der Waals surface area contributed by atoms with Crippen molar-refractivity contribution in [2.24, 2.45) is 0 Å². The Morgan fingerprint density at radius 2 is 2.13 bits per heavy atom. The summed E-state index contributed by atoms with van der Waals surface area (Å²) in [5.41, 5.74) is 2.75. The van der Waals surface area contributed by atoms with E-state index in [0.29, 0.717) is 6.04 Å². The van der Waals surface area contributed by atoms with E-state index < -0.39 is 0 Å². The maximum absolute atomic E-state index is 3.74. The van der Waals surface area contributed by atoms with Gasteiger partial charge in [-0.25, -0.2) is 0 Å². The molecule has 0 aliphatic heterocycles. The van der Waals surface area contributed by atoms with E-state index in [1.807, 2.05) is 6.08 Å². The first kappa shape index (κ1) is 12.0. The minimum atomic E-state index is 0.558. The number of benzene rings is 1. The monoisotopic (exact) mass is 203 g/mol. The van der Waals surface area contributed by atoms with Crippen molar-refractivity contribution in [3.8, 4) is 0 Å². The molecule has 0 amide bonds. The SMILES string of the molecule is C=CCCC(C)NCc1ccccc1C. The Labute approximate surface area is 93.2 Å². The summed E-state index contributed by atoms with van der Waals surface area (Å²) in [6, 6.07) is 9.08. The zero-order valence-electron chi connectivity index (χ0n) is 9.79. The molecule has 82 valence electrons. The molecule has 1 unspecified atom stereocenters. The molecule has 1 heteroatoms. The maximum Gasteiger partial charge on any atom is 0.0210 e. The Balaban J connectivity index is 2.36. The lowest BCUT2D eigenvalue weighted by molar-refractivity contribution is 0.517. The zero-order chi connectivity index (χ0) is 11.1. The van der Waals surface area contributed by atoms with Gasteiger partial charge in [0.15, 0.2) is 0 Å². The number of allylic oxidation sites excluding steroid dienone is 1. The first-order chi connectivity index (χ1) is 7.24. The third kappa shape index (κ3) is 4.30. The highest BCUT2D eigenvalue weighted by Crippen LogP contribution is 2.07. The van der Waals surface area contributed by atoms with Crippen LogP contribution in [0, 0.1) is 6.92 Å². The van der Waals surface area contributed by atoms with E-state index in [1.165, 1.54) is 11.1 Å². The summed E-state index contributed by atoms with van der Waals surface area (Å²) >= 11 is 0. The summed E-state index contributed by atoms with van der Waals surface area (Å²) in [6.07, 6.45) is 4.23. The molecule has 1 N–H and O–H groups in total. The molecule has 1 aromatic carbocycles. The zero-order valence-corrected chi connectivity index (χ0v) is 9.79. The van der Waals surface area contributed by atoms with Gasteiger partial charge in [0, 0.05) is 12.6 Å². The van der Waals surface area contributed by atoms with E-state index in [-0.39, 0.29) is 0 Å². The molecule has 1 atom stereocenters. The topological polar surface area (TPSA) is 12.0 Å². The summed E-state index contributed by atoms with van der Waals surface area (Å²) in [5, 5.41) is 3.53. The van der Waals surface area contributed by atoms with E-state index >= 15 is 0 Å². The van der Waals surface area contributed by atoms with Crippen LogP contribution in [0.4, 0.5) is 0 Å². The summed E-state index contributed by atoms with van der Waals surface area (Å²) in [5.74, 6) is 0. The van der Waals surface area contributed by atoms with Crippen LogP contribution in [0.3, 0.4) is 0 Å². The van der Waals surface area contributed by atoms with Gasteiger partial charge in [0.2, 0.25) is 0 Å². The average Bonchev–Trinajstić information content (AvgIpc) is 2.25. The Bertz CT molecular complexity index is 304. The fourth-order valence-electron chi connectivity index (χ4n) is 1.56. The predicted octanol–water partition coefficient (Wildman–Crippen LogP) is 3.44. The highest BCUT2D eigenvalue weighted by atomic mass is 14.9. The van der Waals surface area contributed by atoms with E-state index in [1.54, 1.807) is 0 Å². The van der Waals surface area contributed by atoms with Crippen molar-refractivity contribution in [3.05, 3.63) is 48.0 Å². The van der Waals surface area contributed by atoms with Crippen molar-refractivity contribution < 1.29 is 0 Å². The van der Waals surface area contributed by atoms with Gasteiger partial charge in [-0.2, -0.15) is 0 Å². The Hall–Kier alpha value is -1.08. The number of aryl methyl sites for hydroxylation is 1. The number of hydrogen-bond donors (Lipinski definition) is 1. The van der Waals surface area contributed by atoms with Gasteiger partial charge in [-0.05, 0) is 37.8 Å². The molecule has 0 saturated heterocycles. The number of hydrogen-bond acceptors (Lipinski definition) is 1. The molecule has 0 fully saturated rings. The third-order valence-electron chi connectivity index (χ3n) is 2.71. The van der Waals surface area contributed by atoms with Crippen molar-refractivity contribution >= 4 is 0 Å². The highest BCUT2D eigenvalue weighted by Gasteiger charge is 2.01. The lowest BCUT2D eigenvalue weighted by Gasteiger charge is -2.13. The predicted molar refractivity (Wildman–Crippen MR) is 66.9 cm³/mol. The molecule has 0 saturated carbocycles. The van der Waals surface area contributed by atoms with E-state index in [0.717, 1.165) is 19.4 Å². The molecule has 0 aliphatic carbocycles. The van der Waals surface area contributed by atoms with Crippen LogP contribution in [0.1, 0.15) is 30.9 Å². The van der Waals surface area contributed by atoms with Gasteiger partial charge in [0.25, 0.3) is 0 Å². The maximum atomic E-state index is 3.74. The van der Waals surface area contributed by atoms with E-state index in [2.05, 4.69) is 50.0 Å². The lowest BCUT2D eigenvalue weighted by atomic mass is 10.1. The average molecular weight is 203 g/mol. The minimum absolute atomic E-state index is 0.558. The van der Waals surface area contributed by atoms with Crippen molar-refractivity contribution in [2.45, 2.75) is 39.3 Å². The quantitative estimate of drug-likeness (QED) is 0.698. The molecule has 15 heavy (non-hydrogen) atoms. The van der Waals surface area contributed by atoms with Gasteiger partial charge in [0.05, 0.1) is 0 Å². The molecule has 0 aliphatic rings. The van der Waals surface area contributed by atoms with Crippen LogP contribution in [0.25, 0.3) is 0 Å². The highest BCUT2D eigenvalue weighted by molar-refractivity contribution is 5.25. The van der Waals surface area contributed by atoms with Gasteiger partial charge >= 0.3 is 0 Å². The smallest absolute Gasteiger partial charge is 0.0210 e. The van der Waals surface area contributed by atoms with Gasteiger partial charge in [-0.1, -0.05) is 30.3 Å². The van der Waals surface area contributed by atoms with Crippen LogP contribution < -0.4 is 5.32 Å². The second-order valence-corrected chi connectivity index (χ2v) is 4.07. The molecule has 0 aromatic heterocycles. The number of rotatable bonds is 6. The Kier molecular flexibility index (Phi) is 5.13. The van der Waals surface area contributed by atoms with E-state index in [9.17, 15) is 0 Å². The summed E-state index contributed by atoms with van der Waals surface area (Å²) in [7, 11) is 0. The van der Waals surface area contributed by atoms with Crippen LogP contribution in [-0.2, 0) is 6.54 Å². The molecule has 0 radical (unpaired) electrons. The molecule has 0 heterocycles. The first-order valence-corrected chi connectivity index (χ1v) is 5.63. The minimum Gasteiger partial charge on any atom is -0.310 e. The van der Waals surface area contributed by atoms with Gasteiger partial charge in [-0.3, -0.25) is 0 Å². The summed E-state index contributed by atoms with van der Waals surface area (Å²) in [4.78, 5) is 0. The fraction of sp³-hybridized carbons (Fsp3) is 0.429. The van der Waals surface area contributed by atoms with Crippen LogP contribution in [-0.4, -0.2) is 6.04 Å². The standard InChI is InChI=1S/C14H21N/c1-4-5-9-13(3)15-11-14-10-7-6-8-12(14)2/h4,6-8,10,13,15H,1,5,9,11H2,2-3H3. The van der Waals surface area contributed by atoms with Crippen LogP contribution >= 0.6 is 0 Å². The van der Waals surface area contributed by atoms with Crippen LogP contribution in [0.2, 0.25) is 0 Å². The Morgan fingerprint density at radius 1 is 1.40 bits per heavy atom. The molecule has 1 rings (SSSR count). The van der Waals surface area contributed by atoms with Gasteiger partial charge in [0.1, 0.15) is 0 Å². The second kappa shape index (κ2) is 6.41. The largest absolute Gasteiger partial charge is 0.310 e. The van der Waals surface area contributed by atoms with Crippen molar-refractivity contribution in [3.63, 3.8) is 0 Å². The third-order valence-corrected chi connectivity index (χ3v) is 2.71. The molecule has 1 aromatic rings. The normalized spacial score (nSPS) is 12.4. The molecular formula is C14H21N. The second-order valence-electron chi connectivity index (χ2n) is 4.07. The molecule has 0 bridgehead atoms.